The minimum atomic E-state index is -2.77. The molecule has 0 spiro atoms. The van der Waals surface area contributed by atoms with E-state index in [1.54, 1.807) is 6.92 Å². The summed E-state index contributed by atoms with van der Waals surface area (Å²) in [5, 5.41) is 0. The minimum absolute atomic E-state index is 0.112. The third-order valence-electron chi connectivity index (χ3n) is 5.14. The quantitative estimate of drug-likeness (QED) is 0.573. The molecule has 3 atom stereocenters. The molecule has 1 aromatic heterocycles. The van der Waals surface area contributed by atoms with E-state index in [0.29, 0.717) is 0 Å². The predicted molar refractivity (Wildman–Crippen MR) is 98.3 cm³/mol. The molecule has 30 heavy (non-hydrogen) atoms. The van der Waals surface area contributed by atoms with E-state index in [2.05, 4.69) is 9.97 Å². The number of nitrogens with zero attached hydrogens (tertiary/aromatic N) is 3. The highest BCUT2D eigenvalue weighted by molar-refractivity contribution is 5.89. The van der Waals surface area contributed by atoms with Gasteiger partial charge in [-0.3, -0.25) is 4.90 Å². The number of ether oxygens (including phenoxy) is 1. The van der Waals surface area contributed by atoms with Gasteiger partial charge in [0.25, 0.3) is 6.43 Å². The number of benzene rings is 1. The molecular formula is C20H20F5N3O2. The molecule has 10 heteroatoms. The zero-order chi connectivity index (χ0) is 22.0. The van der Waals surface area contributed by atoms with Crippen molar-refractivity contribution in [2.45, 2.75) is 45.1 Å². The number of hydrogen-bond donors (Lipinski definition) is 0. The van der Waals surface area contributed by atoms with Crippen molar-refractivity contribution in [1.29, 1.82) is 0 Å². The van der Waals surface area contributed by atoms with E-state index < -0.39 is 48.2 Å². The zero-order valence-electron chi connectivity index (χ0n) is 16.2. The maximum atomic E-state index is 14.2. The molecule has 5 nitrogen and oxygen atoms in total. The molecule has 0 saturated carbocycles. The summed E-state index contributed by atoms with van der Waals surface area (Å²) in [6.07, 6.45) is -4.67. The van der Waals surface area contributed by atoms with Crippen LogP contribution in [0.4, 0.5) is 32.6 Å². The Morgan fingerprint density at radius 3 is 2.57 bits per heavy atom. The fourth-order valence-electron chi connectivity index (χ4n) is 3.34. The van der Waals surface area contributed by atoms with Gasteiger partial charge in [0, 0.05) is 24.1 Å². The van der Waals surface area contributed by atoms with Gasteiger partial charge in [0.15, 0.2) is 0 Å². The van der Waals surface area contributed by atoms with Gasteiger partial charge >= 0.3 is 6.09 Å². The van der Waals surface area contributed by atoms with E-state index in [4.69, 9.17) is 4.74 Å². The van der Waals surface area contributed by atoms with Crippen molar-refractivity contribution in [3.8, 4) is 0 Å². The maximum absolute atomic E-state index is 14.2. The first-order valence-electron chi connectivity index (χ1n) is 9.32. The first kappa shape index (κ1) is 21.9. The number of anilines is 1. The lowest BCUT2D eigenvalue weighted by Gasteiger charge is -2.25. The Kier molecular flexibility index (Phi) is 6.52. The van der Waals surface area contributed by atoms with Crippen LogP contribution in [0.25, 0.3) is 0 Å². The average Bonchev–Trinajstić information content (AvgIpc) is 3.08. The summed E-state index contributed by atoms with van der Waals surface area (Å²) in [7, 11) is 0. The lowest BCUT2D eigenvalue weighted by Crippen LogP contribution is -2.41. The Hall–Kier alpha value is -2.78. The normalized spacial score (nSPS) is 18.8. The highest BCUT2D eigenvalue weighted by atomic mass is 19.3. The molecule has 0 radical (unpaired) electrons. The van der Waals surface area contributed by atoms with Gasteiger partial charge in [0.2, 0.25) is 6.43 Å². The number of cyclic esters (lactones) is 1. The molecule has 162 valence electrons. The summed E-state index contributed by atoms with van der Waals surface area (Å²) in [5.41, 5.74) is -0.188. The lowest BCUT2D eigenvalue weighted by molar-refractivity contribution is 0.0685. The van der Waals surface area contributed by atoms with Crippen LogP contribution in [0.3, 0.4) is 0 Å². The number of aromatic nitrogens is 2. The number of halogens is 5. The van der Waals surface area contributed by atoms with Crippen LogP contribution in [-0.2, 0) is 11.2 Å². The molecular weight excluding hydrogens is 409 g/mol. The number of alkyl halides is 4. The Balaban J connectivity index is 1.81. The van der Waals surface area contributed by atoms with Crippen LogP contribution >= 0.6 is 0 Å². The number of rotatable bonds is 7. The molecule has 0 N–H and O–H groups in total. The first-order chi connectivity index (χ1) is 14.2. The fraction of sp³-hybridized carbons (Fsp3) is 0.450. The van der Waals surface area contributed by atoms with Gasteiger partial charge in [-0.2, -0.15) is 0 Å². The van der Waals surface area contributed by atoms with Crippen molar-refractivity contribution in [2.24, 2.45) is 5.92 Å². The second kappa shape index (κ2) is 8.93. The monoisotopic (exact) mass is 429 g/mol. The second-order valence-corrected chi connectivity index (χ2v) is 7.23. The molecule has 1 amide bonds. The summed E-state index contributed by atoms with van der Waals surface area (Å²) >= 11 is 0. The van der Waals surface area contributed by atoms with Crippen LogP contribution in [0, 0.1) is 11.7 Å². The largest absolute Gasteiger partial charge is 0.447 e. The van der Waals surface area contributed by atoms with E-state index in [9.17, 15) is 26.7 Å². The first-order valence-corrected chi connectivity index (χ1v) is 9.32. The van der Waals surface area contributed by atoms with Gasteiger partial charge in [-0.25, -0.2) is 36.7 Å². The number of carbonyl (C=O) groups excluding carboxylic acids is 1. The van der Waals surface area contributed by atoms with Gasteiger partial charge in [0.1, 0.15) is 24.1 Å². The van der Waals surface area contributed by atoms with Gasteiger partial charge in [0.05, 0.1) is 6.04 Å². The molecule has 2 aromatic rings. The SMILES string of the molecule is C[C@H](Cc1nccc(N2C(=O)OC[C@@H]2[C@@H](C)C(F)F)n1)c1ccc(C(F)F)cc1F. The predicted octanol–water partition coefficient (Wildman–Crippen LogP) is 5.13. The average molecular weight is 429 g/mol. The molecule has 1 aliphatic rings. The zero-order valence-corrected chi connectivity index (χ0v) is 16.2. The third-order valence-corrected chi connectivity index (χ3v) is 5.14. The highest BCUT2D eigenvalue weighted by Gasteiger charge is 2.41. The van der Waals surface area contributed by atoms with Crippen LogP contribution in [-0.4, -0.2) is 35.1 Å². The van der Waals surface area contributed by atoms with E-state index in [0.717, 1.165) is 17.0 Å². The van der Waals surface area contributed by atoms with Crippen LogP contribution in [0.15, 0.2) is 30.5 Å². The van der Waals surface area contributed by atoms with E-state index in [1.807, 2.05) is 0 Å². The summed E-state index contributed by atoms with van der Waals surface area (Å²) in [4.78, 5) is 21.5. The highest BCUT2D eigenvalue weighted by Crippen LogP contribution is 2.30. The molecule has 0 aliphatic carbocycles. The second-order valence-electron chi connectivity index (χ2n) is 7.23. The number of amides is 1. The summed E-state index contributed by atoms with van der Waals surface area (Å²) in [6.45, 7) is 2.82. The molecule has 2 heterocycles. The van der Waals surface area contributed by atoms with Crippen LogP contribution in [0.1, 0.15) is 43.1 Å². The molecule has 1 fully saturated rings. The summed E-state index contributed by atoms with van der Waals surface area (Å²) in [6, 6.07) is 3.78. The van der Waals surface area contributed by atoms with Gasteiger partial charge in [-0.1, -0.05) is 26.0 Å². The van der Waals surface area contributed by atoms with Crippen LogP contribution in [0.5, 0.6) is 0 Å². The number of carbonyl (C=O) groups is 1. The minimum Gasteiger partial charge on any atom is -0.447 e. The lowest BCUT2D eigenvalue weighted by atomic mass is 9.95. The fourth-order valence-corrected chi connectivity index (χ4v) is 3.34. The van der Waals surface area contributed by atoms with Crippen molar-refractivity contribution in [1.82, 2.24) is 9.97 Å². The smallest absolute Gasteiger partial charge is 0.415 e. The van der Waals surface area contributed by atoms with E-state index >= 15 is 0 Å². The van der Waals surface area contributed by atoms with Crippen molar-refractivity contribution in [3.05, 3.63) is 53.2 Å². The van der Waals surface area contributed by atoms with Crippen molar-refractivity contribution in [3.63, 3.8) is 0 Å². The van der Waals surface area contributed by atoms with Gasteiger partial charge in [-0.05, 0) is 23.6 Å². The Labute approximate surface area is 169 Å². The Morgan fingerprint density at radius 2 is 1.93 bits per heavy atom. The van der Waals surface area contributed by atoms with Crippen molar-refractivity contribution >= 4 is 11.9 Å². The molecule has 1 aliphatic heterocycles. The van der Waals surface area contributed by atoms with E-state index in [-0.39, 0.29) is 30.2 Å². The van der Waals surface area contributed by atoms with Gasteiger partial charge in [-0.15, -0.1) is 0 Å². The molecule has 3 rings (SSSR count). The van der Waals surface area contributed by atoms with Gasteiger partial charge < -0.3 is 4.74 Å². The summed E-state index contributed by atoms with van der Waals surface area (Å²) in [5.74, 6) is -1.98. The molecule has 0 bridgehead atoms. The number of hydrogen-bond acceptors (Lipinski definition) is 4. The molecule has 1 aromatic carbocycles. The molecule has 1 saturated heterocycles. The van der Waals surface area contributed by atoms with Crippen molar-refractivity contribution < 1.29 is 31.5 Å². The van der Waals surface area contributed by atoms with Crippen LogP contribution in [0.2, 0.25) is 0 Å². The van der Waals surface area contributed by atoms with E-state index in [1.165, 1.54) is 25.3 Å². The van der Waals surface area contributed by atoms with Crippen LogP contribution < -0.4 is 4.90 Å². The Morgan fingerprint density at radius 1 is 1.20 bits per heavy atom. The Bertz CT molecular complexity index is 912. The topological polar surface area (TPSA) is 55.3 Å². The summed E-state index contributed by atoms with van der Waals surface area (Å²) < 4.78 is 70.9. The van der Waals surface area contributed by atoms with Crippen molar-refractivity contribution in [2.75, 3.05) is 11.5 Å². The third kappa shape index (κ3) is 4.52. The standard InChI is InChI=1S/C20H20F5N3O2/c1-10(13-4-3-12(19(24)25)8-14(13)21)7-16-26-6-5-17(27-16)28-15(9-30-20(28)29)11(2)18(22)23/h3-6,8,10-11,15,18-19H,7,9H2,1-2H3/t10-,11-,15-/m1/s1. The molecule has 0 unspecified atom stereocenters. The maximum Gasteiger partial charge on any atom is 0.415 e.